The molecule has 0 aliphatic heterocycles. The minimum Gasteiger partial charge on any atom is -0.494 e. The molecule has 2 N–H and O–H groups in total. The highest BCUT2D eigenvalue weighted by Gasteiger charge is 1.90. The molecule has 0 atom stereocenters. The van der Waals surface area contributed by atoms with Crippen LogP contribution in [0.5, 0.6) is 5.75 Å². The van der Waals surface area contributed by atoms with Gasteiger partial charge in [0.1, 0.15) is 5.75 Å². The van der Waals surface area contributed by atoms with Crippen molar-refractivity contribution in [1.29, 1.82) is 0 Å². The van der Waals surface area contributed by atoms with Crippen molar-refractivity contribution in [2.24, 2.45) is 5.73 Å². The third-order valence-electron chi connectivity index (χ3n) is 1.50. The Hall–Kier alpha value is -1.46. The summed E-state index contributed by atoms with van der Waals surface area (Å²) in [5, 5.41) is 0. The van der Waals surface area contributed by atoms with Crippen LogP contribution in [0, 0.1) is 11.8 Å². The summed E-state index contributed by atoms with van der Waals surface area (Å²) in [6.07, 6.45) is 0. The van der Waals surface area contributed by atoms with E-state index in [1.54, 1.807) is 0 Å². The van der Waals surface area contributed by atoms with E-state index in [4.69, 9.17) is 10.5 Å². The van der Waals surface area contributed by atoms with Crippen molar-refractivity contribution in [3.63, 3.8) is 0 Å². The van der Waals surface area contributed by atoms with Gasteiger partial charge in [0.05, 0.1) is 13.2 Å². The van der Waals surface area contributed by atoms with E-state index >= 15 is 0 Å². The van der Waals surface area contributed by atoms with Crippen LogP contribution in [0.25, 0.3) is 0 Å². The normalized spacial score (nSPS) is 8.77. The summed E-state index contributed by atoms with van der Waals surface area (Å²) >= 11 is 0. The SMILES string of the molecule is CCOc1ccc(C#CCN)cc1. The van der Waals surface area contributed by atoms with Crippen LogP contribution in [0.3, 0.4) is 0 Å². The zero-order valence-electron chi connectivity index (χ0n) is 7.71. The third kappa shape index (κ3) is 3.18. The van der Waals surface area contributed by atoms with Gasteiger partial charge in [-0.25, -0.2) is 0 Å². The van der Waals surface area contributed by atoms with Crippen molar-refractivity contribution in [2.45, 2.75) is 6.92 Å². The van der Waals surface area contributed by atoms with Gasteiger partial charge in [0.15, 0.2) is 0 Å². The van der Waals surface area contributed by atoms with Crippen LogP contribution in [-0.4, -0.2) is 13.2 Å². The monoisotopic (exact) mass is 175 g/mol. The molecule has 1 rings (SSSR count). The molecule has 0 aliphatic rings. The third-order valence-corrected chi connectivity index (χ3v) is 1.50. The molecule has 0 amide bonds. The molecule has 0 aliphatic carbocycles. The number of nitrogens with two attached hydrogens (primary N) is 1. The Kier molecular flexibility index (Phi) is 3.87. The molecule has 0 heterocycles. The quantitative estimate of drug-likeness (QED) is 0.689. The minimum absolute atomic E-state index is 0.396. The van der Waals surface area contributed by atoms with E-state index in [2.05, 4.69) is 11.8 Å². The molecule has 1 aromatic rings. The first-order valence-corrected chi connectivity index (χ1v) is 4.28. The molecule has 0 fully saturated rings. The van der Waals surface area contributed by atoms with Crippen molar-refractivity contribution in [2.75, 3.05) is 13.2 Å². The summed E-state index contributed by atoms with van der Waals surface area (Å²) in [6.45, 7) is 3.04. The van der Waals surface area contributed by atoms with Crippen LogP contribution >= 0.6 is 0 Å². The molecular formula is C11H13NO. The second kappa shape index (κ2) is 5.23. The topological polar surface area (TPSA) is 35.2 Å². The zero-order chi connectivity index (χ0) is 9.52. The van der Waals surface area contributed by atoms with Crippen molar-refractivity contribution in [3.8, 4) is 17.6 Å². The predicted octanol–water partition coefficient (Wildman–Crippen LogP) is 1.40. The summed E-state index contributed by atoms with van der Waals surface area (Å²) < 4.78 is 5.29. The van der Waals surface area contributed by atoms with Crippen molar-refractivity contribution in [3.05, 3.63) is 29.8 Å². The molecule has 68 valence electrons. The van der Waals surface area contributed by atoms with Gasteiger partial charge in [-0.2, -0.15) is 0 Å². The van der Waals surface area contributed by atoms with Crippen LogP contribution in [0.2, 0.25) is 0 Å². The van der Waals surface area contributed by atoms with E-state index in [9.17, 15) is 0 Å². The standard InChI is InChI=1S/C11H13NO/c1-2-13-11-7-5-10(6-8-11)4-3-9-12/h5-8H,2,9,12H2,1H3. The first-order valence-electron chi connectivity index (χ1n) is 4.28. The van der Waals surface area contributed by atoms with Gasteiger partial charge in [0.2, 0.25) is 0 Å². The lowest BCUT2D eigenvalue weighted by molar-refractivity contribution is 0.340. The zero-order valence-corrected chi connectivity index (χ0v) is 7.71. The number of hydrogen-bond acceptors (Lipinski definition) is 2. The van der Waals surface area contributed by atoms with Crippen LogP contribution < -0.4 is 10.5 Å². The second-order valence-electron chi connectivity index (χ2n) is 2.46. The maximum atomic E-state index is 5.29. The average Bonchev–Trinajstić information content (AvgIpc) is 2.17. The maximum Gasteiger partial charge on any atom is 0.119 e. The number of ether oxygens (including phenoxy) is 1. The van der Waals surface area contributed by atoms with Crippen molar-refractivity contribution >= 4 is 0 Å². The van der Waals surface area contributed by atoms with E-state index in [-0.39, 0.29) is 0 Å². The molecule has 0 aromatic heterocycles. The molecule has 0 saturated carbocycles. The lowest BCUT2D eigenvalue weighted by atomic mass is 10.2. The first-order chi connectivity index (χ1) is 6.36. The first kappa shape index (κ1) is 9.63. The molecule has 0 saturated heterocycles. The van der Waals surface area contributed by atoms with Gasteiger partial charge in [-0.15, -0.1) is 0 Å². The van der Waals surface area contributed by atoms with Crippen LogP contribution in [0.1, 0.15) is 12.5 Å². The van der Waals surface area contributed by atoms with Gasteiger partial charge < -0.3 is 10.5 Å². The van der Waals surface area contributed by atoms with Gasteiger partial charge in [-0.1, -0.05) is 11.8 Å². The molecule has 0 spiro atoms. The number of hydrogen-bond donors (Lipinski definition) is 1. The lowest BCUT2D eigenvalue weighted by Crippen LogP contribution is -1.93. The Balaban J connectivity index is 2.69. The van der Waals surface area contributed by atoms with E-state index in [0.717, 1.165) is 11.3 Å². The van der Waals surface area contributed by atoms with Crippen LogP contribution in [-0.2, 0) is 0 Å². The summed E-state index contributed by atoms with van der Waals surface area (Å²) in [4.78, 5) is 0. The fraction of sp³-hybridized carbons (Fsp3) is 0.273. The highest BCUT2D eigenvalue weighted by atomic mass is 16.5. The predicted molar refractivity (Wildman–Crippen MR) is 53.5 cm³/mol. The largest absolute Gasteiger partial charge is 0.494 e. The Morgan fingerprint density at radius 1 is 1.31 bits per heavy atom. The average molecular weight is 175 g/mol. The highest BCUT2D eigenvalue weighted by molar-refractivity contribution is 5.38. The van der Waals surface area contributed by atoms with Gasteiger partial charge >= 0.3 is 0 Å². The van der Waals surface area contributed by atoms with E-state index in [1.807, 2.05) is 31.2 Å². The summed E-state index contributed by atoms with van der Waals surface area (Å²) in [5.74, 6) is 6.61. The second-order valence-corrected chi connectivity index (χ2v) is 2.46. The molecule has 1 aromatic carbocycles. The molecule has 2 nitrogen and oxygen atoms in total. The Morgan fingerprint density at radius 3 is 2.54 bits per heavy atom. The van der Waals surface area contributed by atoms with Gasteiger partial charge in [0, 0.05) is 5.56 Å². The summed E-state index contributed by atoms with van der Waals surface area (Å²) in [6, 6.07) is 7.66. The van der Waals surface area contributed by atoms with Crippen LogP contribution in [0.15, 0.2) is 24.3 Å². The number of rotatable bonds is 2. The van der Waals surface area contributed by atoms with Crippen molar-refractivity contribution in [1.82, 2.24) is 0 Å². The minimum atomic E-state index is 0.396. The molecule has 13 heavy (non-hydrogen) atoms. The Bertz CT molecular complexity index is 305. The van der Waals surface area contributed by atoms with Gasteiger partial charge in [-0.3, -0.25) is 0 Å². The fourth-order valence-electron chi connectivity index (χ4n) is 0.954. The molecule has 0 unspecified atom stereocenters. The molecule has 0 bridgehead atoms. The van der Waals surface area contributed by atoms with Crippen LogP contribution in [0.4, 0.5) is 0 Å². The Labute approximate surface area is 78.7 Å². The van der Waals surface area contributed by atoms with Gasteiger partial charge in [-0.05, 0) is 31.2 Å². The Morgan fingerprint density at radius 2 is 2.00 bits per heavy atom. The van der Waals surface area contributed by atoms with E-state index < -0.39 is 0 Å². The maximum absolute atomic E-state index is 5.29. The molecule has 2 heteroatoms. The van der Waals surface area contributed by atoms with E-state index in [0.29, 0.717) is 13.2 Å². The lowest BCUT2D eigenvalue weighted by Gasteiger charge is -2.01. The highest BCUT2D eigenvalue weighted by Crippen LogP contribution is 2.10. The van der Waals surface area contributed by atoms with E-state index in [1.165, 1.54) is 0 Å². The molecule has 0 radical (unpaired) electrons. The smallest absolute Gasteiger partial charge is 0.119 e. The summed E-state index contributed by atoms with van der Waals surface area (Å²) in [7, 11) is 0. The number of benzene rings is 1. The fourth-order valence-corrected chi connectivity index (χ4v) is 0.954. The molecular weight excluding hydrogens is 162 g/mol. The van der Waals surface area contributed by atoms with Gasteiger partial charge in [0.25, 0.3) is 0 Å². The van der Waals surface area contributed by atoms with Crippen molar-refractivity contribution < 1.29 is 4.74 Å². The summed E-state index contributed by atoms with van der Waals surface area (Å²) in [5.41, 5.74) is 6.22.